The van der Waals surface area contributed by atoms with Crippen molar-refractivity contribution in [3.8, 4) is 11.6 Å². The fourth-order valence-electron chi connectivity index (χ4n) is 2.62. The molecular formula is C15H15N3O2. The molecule has 5 heteroatoms. The number of aryl methyl sites for hydroxylation is 1. The number of hydrogen-bond acceptors (Lipinski definition) is 4. The number of rotatable bonds is 2. The van der Waals surface area contributed by atoms with Crippen LogP contribution in [0.15, 0.2) is 28.8 Å². The Morgan fingerprint density at radius 1 is 1.30 bits per heavy atom. The van der Waals surface area contributed by atoms with Gasteiger partial charge in [-0.25, -0.2) is 0 Å². The van der Waals surface area contributed by atoms with Crippen molar-refractivity contribution in [2.45, 2.75) is 19.3 Å². The Morgan fingerprint density at radius 2 is 2.25 bits per heavy atom. The summed E-state index contributed by atoms with van der Waals surface area (Å²) in [6.07, 6.45) is 0.963. The van der Waals surface area contributed by atoms with E-state index in [-0.39, 0.29) is 5.92 Å². The molecule has 1 aliphatic heterocycles. The van der Waals surface area contributed by atoms with Gasteiger partial charge in [-0.05, 0) is 31.5 Å². The van der Waals surface area contributed by atoms with Crippen molar-refractivity contribution in [3.63, 3.8) is 0 Å². The molecule has 3 aromatic rings. The monoisotopic (exact) mass is 269 g/mol. The number of hydrogen-bond donors (Lipinski definition) is 1. The van der Waals surface area contributed by atoms with Gasteiger partial charge in [0.05, 0.1) is 6.61 Å². The smallest absolute Gasteiger partial charge is 0.274 e. The molecule has 1 aromatic carbocycles. The van der Waals surface area contributed by atoms with Gasteiger partial charge in [-0.1, -0.05) is 16.8 Å². The van der Waals surface area contributed by atoms with Crippen LogP contribution in [0.5, 0.6) is 0 Å². The molecule has 0 radical (unpaired) electrons. The largest absolute Gasteiger partial charge is 0.381 e. The van der Waals surface area contributed by atoms with E-state index in [0.717, 1.165) is 35.4 Å². The van der Waals surface area contributed by atoms with Gasteiger partial charge in [-0.2, -0.15) is 4.98 Å². The summed E-state index contributed by atoms with van der Waals surface area (Å²) in [5.74, 6) is 1.55. The van der Waals surface area contributed by atoms with Gasteiger partial charge in [0.2, 0.25) is 0 Å². The maximum Gasteiger partial charge on any atom is 0.274 e. The highest BCUT2D eigenvalue weighted by Gasteiger charge is 2.23. The molecule has 3 heterocycles. The van der Waals surface area contributed by atoms with E-state index in [9.17, 15) is 0 Å². The molecule has 0 saturated carbocycles. The Morgan fingerprint density at radius 3 is 3.10 bits per heavy atom. The van der Waals surface area contributed by atoms with Gasteiger partial charge in [0.25, 0.3) is 5.89 Å². The molecule has 0 spiro atoms. The minimum atomic E-state index is 0.263. The summed E-state index contributed by atoms with van der Waals surface area (Å²) in [6, 6.07) is 8.33. The van der Waals surface area contributed by atoms with Crippen LogP contribution in [0.25, 0.3) is 22.5 Å². The minimum Gasteiger partial charge on any atom is -0.381 e. The quantitative estimate of drug-likeness (QED) is 0.776. The van der Waals surface area contributed by atoms with Gasteiger partial charge in [0.1, 0.15) is 5.69 Å². The van der Waals surface area contributed by atoms with Crippen LogP contribution in [0, 0.1) is 6.92 Å². The van der Waals surface area contributed by atoms with Crippen molar-refractivity contribution in [2.75, 3.05) is 13.2 Å². The number of ether oxygens (including phenoxy) is 1. The van der Waals surface area contributed by atoms with Gasteiger partial charge < -0.3 is 14.2 Å². The lowest BCUT2D eigenvalue weighted by molar-refractivity contribution is 0.192. The molecule has 0 aliphatic carbocycles. The van der Waals surface area contributed by atoms with Crippen LogP contribution in [0.2, 0.25) is 0 Å². The zero-order chi connectivity index (χ0) is 13.5. The summed E-state index contributed by atoms with van der Waals surface area (Å²) in [5, 5.41) is 5.23. The molecule has 0 bridgehead atoms. The Balaban J connectivity index is 1.71. The average Bonchev–Trinajstić information content (AvgIpc) is 3.17. The van der Waals surface area contributed by atoms with Crippen LogP contribution in [-0.4, -0.2) is 28.3 Å². The van der Waals surface area contributed by atoms with E-state index >= 15 is 0 Å². The summed E-state index contributed by atoms with van der Waals surface area (Å²) in [4.78, 5) is 7.81. The first kappa shape index (κ1) is 11.7. The third kappa shape index (κ3) is 1.91. The van der Waals surface area contributed by atoms with Crippen molar-refractivity contribution in [3.05, 3.63) is 35.7 Å². The van der Waals surface area contributed by atoms with Gasteiger partial charge in [-0.3, -0.25) is 0 Å². The van der Waals surface area contributed by atoms with Crippen molar-refractivity contribution < 1.29 is 9.26 Å². The average molecular weight is 269 g/mol. The van der Waals surface area contributed by atoms with Crippen molar-refractivity contribution in [2.24, 2.45) is 0 Å². The van der Waals surface area contributed by atoms with E-state index < -0.39 is 0 Å². The summed E-state index contributed by atoms with van der Waals surface area (Å²) in [5.41, 5.74) is 3.18. The lowest BCUT2D eigenvalue weighted by Crippen LogP contribution is -1.99. The van der Waals surface area contributed by atoms with Crippen LogP contribution in [0.3, 0.4) is 0 Å². The molecule has 0 amide bonds. The predicted octanol–water partition coefficient (Wildman–Crippen LogP) is 3.03. The highest BCUT2D eigenvalue weighted by atomic mass is 16.5. The molecule has 1 atom stereocenters. The fraction of sp³-hybridized carbons (Fsp3) is 0.333. The third-order valence-electron chi connectivity index (χ3n) is 3.74. The Kier molecular flexibility index (Phi) is 2.60. The Bertz CT molecular complexity index is 753. The molecule has 1 aliphatic rings. The maximum absolute atomic E-state index is 5.37. The lowest BCUT2D eigenvalue weighted by Gasteiger charge is -1.97. The molecule has 5 nitrogen and oxygen atoms in total. The van der Waals surface area contributed by atoms with E-state index in [4.69, 9.17) is 9.26 Å². The number of fused-ring (bicyclic) bond motifs is 1. The van der Waals surface area contributed by atoms with Crippen molar-refractivity contribution in [1.29, 1.82) is 0 Å². The number of nitrogens with zero attached hydrogens (tertiary/aromatic N) is 2. The van der Waals surface area contributed by atoms with Crippen LogP contribution >= 0.6 is 0 Å². The maximum atomic E-state index is 5.37. The third-order valence-corrected chi connectivity index (χ3v) is 3.74. The minimum absolute atomic E-state index is 0.263. The highest BCUT2D eigenvalue weighted by molar-refractivity contribution is 5.85. The predicted molar refractivity (Wildman–Crippen MR) is 74.5 cm³/mol. The second-order valence-electron chi connectivity index (χ2n) is 5.29. The topological polar surface area (TPSA) is 63.9 Å². The van der Waals surface area contributed by atoms with Crippen molar-refractivity contribution >= 4 is 10.9 Å². The molecule has 2 aromatic heterocycles. The standard InChI is InChI=1S/C15H15N3O2/c1-9-2-3-12-11(6-9)7-13(16-12)15-17-14(18-20-15)10-4-5-19-8-10/h2-3,6-7,10,16H,4-5,8H2,1H3. The van der Waals surface area contributed by atoms with E-state index in [1.165, 1.54) is 5.56 Å². The Hall–Kier alpha value is -2.14. The molecule has 1 N–H and O–H groups in total. The molecule has 102 valence electrons. The van der Waals surface area contributed by atoms with E-state index in [2.05, 4.69) is 40.2 Å². The van der Waals surface area contributed by atoms with Gasteiger partial charge in [0, 0.05) is 23.4 Å². The van der Waals surface area contributed by atoms with Crippen molar-refractivity contribution in [1.82, 2.24) is 15.1 Å². The van der Waals surface area contributed by atoms with E-state index in [1.807, 2.05) is 6.07 Å². The summed E-state index contributed by atoms with van der Waals surface area (Å²) in [7, 11) is 0. The van der Waals surface area contributed by atoms with E-state index in [0.29, 0.717) is 12.5 Å². The highest BCUT2D eigenvalue weighted by Crippen LogP contribution is 2.27. The second kappa shape index (κ2) is 4.45. The zero-order valence-electron chi connectivity index (χ0n) is 11.2. The first-order chi connectivity index (χ1) is 9.79. The van der Waals surface area contributed by atoms with E-state index in [1.54, 1.807) is 0 Å². The SMILES string of the molecule is Cc1ccc2[nH]c(-c3nc(C4CCOC4)no3)cc2c1. The molecule has 1 unspecified atom stereocenters. The number of aromatic nitrogens is 3. The zero-order valence-corrected chi connectivity index (χ0v) is 11.2. The number of nitrogens with one attached hydrogen (secondary N) is 1. The summed E-state index contributed by atoms with van der Waals surface area (Å²) in [6.45, 7) is 3.54. The summed E-state index contributed by atoms with van der Waals surface area (Å²) >= 11 is 0. The van der Waals surface area contributed by atoms with Gasteiger partial charge in [-0.15, -0.1) is 0 Å². The van der Waals surface area contributed by atoms with Gasteiger partial charge >= 0.3 is 0 Å². The second-order valence-corrected chi connectivity index (χ2v) is 5.29. The first-order valence-corrected chi connectivity index (χ1v) is 6.81. The number of H-pyrrole nitrogens is 1. The molecule has 1 saturated heterocycles. The number of aromatic amines is 1. The van der Waals surface area contributed by atoms with Gasteiger partial charge in [0.15, 0.2) is 5.82 Å². The van der Waals surface area contributed by atoms with Crippen LogP contribution < -0.4 is 0 Å². The number of benzene rings is 1. The molecule has 4 rings (SSSR count). The lowest BCUT2D eigenvalue weighted by atomic mass is 10.1. The molecule has 20 heavy (non-hydrogen) atoms. The molecular weight excluding hydrogens is 254 g/mol. The fourth-order valence-corrected chi connectivity index (χ4v) is 2.62. The molecule has 1 fully saturated rings. The van der Waals surface area contributed by atoms with Crippen LogP contribution in [0.1, 0.15) is 23.7 Å². The van der Waals surface area contributed by atoms with Crippen LogP contribution in [-0.2, 0) is 4.74 Å². The van der Waals surface area contributed by atoms with Crippen LogP contribution in [0.4, 0.5) is 0 Å². The normalized spacial score (nSPS) is 18.9. The first-order valence-electron chi connectivity index (χ1n) is 6.81. The summed E-state index contributed by atoms with van der Waals surface area (Å²) < 4.78 is 10.7. The Labute approximate surface area is 115 Å².